The Morgan fingerprint density at radius 1 is 1.36 bits per heavy atom. The molecule has 0 aliphatic carbocycles. The number of nitrogens with one attached hydrogen (secondary N) is 1. The maximum absolute atomic E-state index is 13.3. The lowest BCUT2D eigenvalue weighted by Gasteiger charge is -2.27. The molecule has 0 saturated heterocycles. The lowest BCUT2D eigenvalue weighted by molar-refractivity contribution is 0.0744. The number of hydrogen-bond acceptors (Lipinski definition) is 4. The molecule has 4 rings (SSSR count). The highest BCUT2D eigenvalue weighted by Gasteiger charge is 2.33. The maximum atomic E-state index is 13.3. The fourth-order valence-corrected chi connectivity index (χ4v) is 3.10. The van der Waals surface area contributed by atoms with Crippen LogP contribution >= 0.6 is 11.6 Å². The molecule has 0 bridgehead atoms. The Hall–Kier alpha value is -2.60. The minimum atomic E-state index is -0.418. The molecule has 1 aromatic carbocycles. The number of carbonyl (C=O) groups excluding carboxylic acids is 1. The zero-order valence-electron chi connectivity index (χ0n) is 13.2. The fraction of sp³-hybridized carbons (Fsp3) is 0.222. The minimum Gasteiger partial charge on any atom is -0.467 e. The summed E-state index contributed by atoms with van der Waals surface area (Å²) in [6.07, 6.45) is 1.79. The number of carbonyl (C=O) groups is 1. The summed E-state index contributed by atoms with van der Waals surface area (Å²) in [6.45, 7) is 0.922. The van der Waals surface area contributed by atoms with Gasteiger partial charge in [-0.3, -0.25) is 9.78 Å². The Kier molecular flexibility index (Phi) is 4.05. The molecule has 1 atom stereocenters. The third-order valence-corrected chi connectivity index (χ3v) is 4.46. The number of nitrogens with zero attached hydrogens (tertiary/aromatic N) is 2. The van der Waals surface area contributed by atoms with Gasteiger partial charge in [-0.05, 0) is 30.3 Å². The molecule has 128 valence electrons. The Bertz CT molecular complexity index is 854. The molecular weight excluding hydrogens is 345 g/mol. The van der Waals surface area contributed by atoms with Gasteiger partial charge in [0, 0.05) is 24.7 Å². The van der Waals surface area contributed by atoms with Crippen molar-refractivity contribution in [1.29, 1.82) is 0 Å². The second kappa shape index (κ2) is 6.37. The molecule has 7 heteroatoms. The lowest BCUT2D eigenvalue weighted by Crippen LogP contribution is -2.38. The molecular formula is C18H15ClFN3O2. The van der Waals surface area contributed by atoms with Crippen LogP contribution in [-0.2, 0) is 4.74 Å². The van der Waals surface area contributed by atoms with Crippen LogP contribution in [0.15, 0.2) is 54.1 Å². The Morgan fingerprint density at radius 2 is 2.24 bits per heavy atom. The van der Waals surface area contributed by atoms with Crippen LogP contribution in [0, 0.1) is 5.82 Å². The van der Waals surface area contributed by atoms with Gasteiger partial charge in [0.2, 0.25) is 6.23 Å². The lowest BCUT2D eigenvalue weighted by atomic mass is 10.1. The van der Waals surface area contributed by atoms with E-state index in [-0.39, 0.29) is 12.1 Å². The van der Waals surface area contributed by atoms with Crippen molar-refractivity contribution in [2.75, 3.05) is 13.1 Å². The van der Waals surface area contributed by atoms with Crippen LogP contribution in [0.2, 0.25) is 5.02 Å². The van der Waals surface area contributed by atoms with E-state index in [0.29, 0.717) is 30.1 Å². The van der Waals surface area contributed by atoms with Crippen LogP contribution in [0.25, 0.3) is 0 Å². The van der Waals surface area contributed by atoms with E-state index >= 15 is 0 Å². The number of rotatable bonds is 2. The first-order valence-corrected chi connectivity index (χ1v) is 8.29. The predicted molar refractivity (Wildman–Crippen MR) is 90.2 cm³/mol. The average Bonchev–Trinajstić information content (AvgIpc) is 3.05. The van der Waals surface area contributed by atoms with Crippen LogP contribution < -0.4 is 5.32 Å². The number of halogens is 2. The van der Waals surface area contributed by atoms with E-state index in [2.05, 4.69) is 10.3 Å². The SMILES string of the molecule is O=C(c1cccc(F)c1)N1CCC2=C(C1)NC(c1ccc(Cl)cn1)O2. The molecule has 1 unspecified atom stereocenters. The van der Waals surface area contributed by atoms with E-state index in [1.165, 1.54) is 18.2 Å². The molecule has 0 radical (unpaired) electrons. The number of benzene rings is 1. The molecule has 1 aromatic heterocycles. The zero-order valence-corrected chi connectivity index (χ0v) is 14.0. The van der Waals surface area contributed by atoms with E-state index in [9.17, 15) is 9.18 Å². The summed E-state index contributed by atoms with van der Waals surface area (Å²) in [5.74, 6) is 0.227. The monoisotopic (exact) mass is 359 g/mol. The molecule has 2 aliphatic rings. The van der Waals surface area contributed by atoms with Crippen molar-refractivity contribution in [3.05, 3.63) is 76.1 Å². The van der Waals surface area contributed by atoms with Crippen LogP contribution in [0.4, 0.5) is 4.39 Å². The highest BCUT2D eigenvalue weighted by atomic mass is 35.5. The number of hydrogen-bond donors (Lipinski definition) is 1. The fourth-order valence-electron chi connectivity index (χ4n) is 2.99. The minimum absolute atomic E-state index is 0.194. The van der Waals surface area contributed by atoms with Crippen molar-refractivity contribution in [3.8, 4) is 0 Å². The molecule has 0 saturated carbocycles. The van der Waals surface area contributed by atoms with Gasteiger partial charge < -0.3 is 15.0 Å². The summed E-state index contributed by atoms with van der Waals surface area (Å²) in [7, 11) is 0. The largest absolute Gasteiger partial charge is 0.467 e. The van der Waals surface area contributed by atoms with E-state index in [4.69, 9.17) is 16.3 Å². The molecule has 1 N–H and O–H groups in total. The molecule has 25 heavy (non-hydrogen) atoms. The van der Waals surface area contributed by atoms with E-state index < -0.39 is 5.82 Å². The van der Waals surface area contributed by atoms with Gasteiger partial charge in [0.25, 0.3) is 5.91 Å². The van der Waals surface area contributed by atoms with E-state index in [1.54, 1.807) is 29.3 Å². The average molecular weight is 360 g/mol. The summed E-state index contributed by atoms with van der Waals surface area (Å²) in [5, 5.41) is 3.82. The summed E-state index contributed by atoms with van der Waals surface area (Å²) < 4.78 is 19.3. The van der Waals surface area contributed by atoms with Gasteiger partial charge in [0.05, 0.1) is 17.3 Å². The maximum Gasteiger partial charge on any atom is 0.254 e. The second-order valence-corrected chi connectivity index (χ2v) is 6.37. The topological polar surface area (TPSA) is 54.5 Å². The van der Waals surface area contributed by atoms with E-state index in [1.807, 2.05) is 0 Å². The first-order chi connectivity index (χ1) is 12.1. The predicted octanol–water partition coefficient (Wildman–Crippen LogP) is 3.25. The number of ether oxygens (including phenoxy) is 1. The molecule has 1 amide bonds. The van der Waals surface area contributed by atoms with Crippen molar-refractivity contribution in [1.82, 2.24) is 15.2 Å². The number of amides is 1. The van der Waals surface area contributed by atoms with Gasteiger partial charge in [-0.15, -0.1) is 0 Å². The highest BCUT2D eigenvalue weighted by Crippen LogP contribution is 2.31. The summed E-state index contributed by atoms with van der Waals surface area (Å²) in [6, 6.07) is 9.29. The van der Waals surface area contributed by atoms with Gasteiger partial charge in [-0.25, -0.2) is 4.39 Å². The first-order valence-electron chi connectivity index (χ1n) is 7.91. The van der Waals surface area contributed by atoms with Crippen LogP contribution in [0.1, 0.15) is 28.7 Å². The van der Waals surface area contributed by atoms with Crippen LogP contribution in [0.3, 0.4) is 0 Å². The normalized spacial score (nSPS) is 19.3. The third kappa shape index (κ3) is 3.17. The summed E-state index contributed by atoms with van der Waals surface area (Å²) in [4.78, 5) is 18.5. The van der Waals surface area contributed by atoms with Gasteiger partial charge >= 0.3 is 0 Å². The number of aromatic nitrogens is 1. The molecule has 2 aliphatic heterocycles. The highest BCUT2D eigenvalue weighted by molar-refractivity contribution is 6.30. The summed E-state index contributed by atoms with van der Waals surface area (Å²) >= 11 is 5.86. The standard InChI is InChI=1S/C18H15ClFN3O2/c19-12-4-5-14(21-9-12)17-22-15-10-23(7-6-16(15)25-17)18(24)11-2-1-3-13(20)8-11/h1-5,8-9,17,22H,6-7,10H2. The van der Waals surface area contributed by atoms with Crippen LogP contribution in [-0.4, -0.2) is 28.9 Å². The Morgan fingerprint density at radius 3 is 3.00 bits per heavy atom. The molecule has 5 nitrogen and oxygen atoms in total. The van der Waals surface area contributed by atoms with Crippen molar-refractivity contribution in [2.24, 2.45) is 0 Å². The molecule has 2 aromatic rings. The summed E-state index contributed by atoms with van der Waals surface area (Å²) in [5.41, 5.74) is 1.93. The van der Waals surface area contributed by atoms with Crippen molar-refractivity contribution < 1.29 is 13.9 Å². The zero-order chi connectivity index (χ0) is 17.4. The third-order valence-electron chi connectivity index (χ3n) is 4.24. The molecule has 0 spiro atoms. The Labute approximate surface area is 149 Å². The van der Waals surface area contributed by atoms with Crippen molar-refractivity contribution in [2.45, 2.75) is 12.6 Å². The quantitative estimate of drug-likeness (QED) is 0.894. The van der Waals surface area contributed by atoms with E-state index in [0.717, 1.165) is 17.2 Å². The van der Waals surface area contributed by atoms with Gasteiger partial charge in [-0.1, -0.05) is 17.7 Å². The Balaban J connectivity index is 1.47. The smallest absolute Gasteiger partial charge is 0.254 e. The molecule has 0 fully saturated rings. The molecule has 3 heterocycles. The van der Waals surface area contributed by atoms with Gasteiger partial charge in [-0.2, -0.15) is 0 Å². The van der Waals surface area contributed by atoms with Gasteiger partial charge in [0.15, 0.2) is 0 Å². The second-order valence-electron chi connectivity index (χ2n) is 5.93. The van der Waals surface area contributed by atoms with Crippen molar-refractivity contribution in [3.63, 3.8) is 0 Å². The van der Waals surface area contributed by atoms with Gasteiger partial charge in [0.1, 0.15) is 17.3 Å². The van der Waals surface area contributed by atoms with Crippen molar-refractivity contribution >= 4 is 17.5 Å². The van der Waals surface area contributed by atoms with Crippen LogP contribution in [0.5, 0.6) is 0 Å². The first kappa shape index (κ1) is 15.9. The number of pyridine rings is 1.